The number of likely N-dealkylation sites (N-methyl/N-ethyl adjacent to an activating group) is 1. The second kappa shape index (κ2) is 7.29. The van der Waals surface area contributed by atoms with Crippen LogP contribution in [0, 0.1) is 0 Å². The van der Waals surface area contributed by atoms with Crippen LogP contribution in [0.3, 0.4) is 0 Å². The van der Waals surface area contributed by atoms with E-state index in [1.54, 1.807) is 0 Å². The van der Waals surface area contributed by atoms with E-state index in [2.05, 4.69) is 65.3 Å². The molecule has 1 heterocycles. The molecule has 1 aliphatic heterocycles. The van der Waals surface area contributed by atoms with Gasteiger partial charge in [0.1, 0.15) is 0 Å². The monoisotopic (exact) mass is 274 g/mol. The van der Waals surface area contributed by atoms with E-state index in [0.29, 0.717) is 0 Å². The molecule has 110 valence electrons. The smallest absolute Gasteiger partial charge is 0.194 e. The number of benzene rings is 1. The molecule has 0 atom stereocenters. The predicted octanol–water partition coefficient (Wildman–Crippen LogP) is 1.92. The maximum Gasteiger partial charge on any atom is 0.194 e. The molecule has 0 fully saturated rings. The van der Waals surface area contributed by atoms with Crippen molar-refractivity contribution in [3.05, 3.63) is 35.4 Å². The Morgan fingerprint density at radius 2 is 1.90 bits per heavy atom. The Labute approximate surface area is 122 Å². The molecule has 4 nitrogen and oxygen atoms in total. The van der Waals surface area contributed by atoms with E-state index in [9.17, 15) is 0 Å². The zero-order chi connectivity index (χ0) is 14.4. The Morgan fingerprint density at radius 1 is 1.20 bits per heavy atom. The molecular formula is C16H26N4. The molecule has 0 spiro atoms. The van der Waals surface area contributed by atoms with E-state index in [0.717, 1.165) is 45.2 Å². The first-order chi connectivity index (χ1) is 9.74. The largest absolute Gasteiger partial charge is 0.352 e. The van der Waals surface area contributed by atoms with Crippen LogP contribution in [0.5, 0.6) is 0 Å². The number of nitrogens with one attached hydrogen (secondary N) is 1. The summed E-state index contributed by atoms with van der Waals surface area (Å²) in [5, 5.41) is 3.45. The predicted molar refractivity (Wildman–Crippen MR) is 84.8 cm³/mol. The summed E-state index contributed by atoms with van der Waals surface area (Å²) in [5.41, 5.74) is 2.77. The van der Waals surface area contributed by atoms with E-state index in [1.165, 1.54) is 11.1 Å². The van der Waals surface area contributed by atoms with E-state index < -0.39 is 0 Å². The lowest BCUT2D eigenvalue weighted by Gasteiger charge is -2.21. The third kappa shape index (κ3) is 3.73. The summed E-state index contributed by atoms with van der Waals surface area (Å²) in [4.78, 5) is 9.09. The van der Waals surface area contributed by atoms with Crippen molar-refractivity contribution >= 4 is 5.96 Å². The molecule has 0 radical (unpaired) electrons. The van der Waals surface area contributed by atoms with Gasteiger partial charge in [0.15, 0.2) is 5.96 Å². The first-order valence-electron chi connectivity index (χ1n) is 7.53. The summed E-state index contributed by atoms with van der Waals surface area (Å²) < 4.78 is 0. The number of nitrogens with zero attached hydrogens (tertiary/aromatic N) is 3. The molecule has 0 saturated carbocycles. The minimum absolute atomic E-state index is 0.848. The molecular weight excluding hydrogens is 248 g/mol. The lowest BCUT2D eigenvalue weighted by atomic mass is 10.1. The minimum atomic E-state index is 0.848. The highest BCUT2D eigenvalue weighted by Gasteiger charge is 2.12. The van der Waals surface area contributed by atoms with Crippen LogP contribution in [0.1, 0.15) is 25.0 Å². The Kier molecular flexibility index (Phi) is 5.41. The van der Waals surface area contributed by atoms with Crippen LogP contribution in [0.25, 0.3) is 0 Å². The van der Waals surface area contributed by atoms with Gasteiger partial charge in [0.25, 0.3) is 0 Å². The van der Waals surface area contributed by atoms with Crippen LogP contribution >= 0.6 is 0 Å². The van der Waals surface area contributed by atoms with Gasteiger partial charge in [-0.1, -0.05) is 38.1 Å². The number of aliphatic imine (C=N–C) groups is 1. The van der Waals surface area contributed by atoms with Gasteiger partial charge in [-0.2, -0.15) is 0 Å². The lowest BCUT2D eigenvalue weighted by Crippen LogP contribution is -2.35. The van der Waals surface area contributed by atoms with Gasteiger partial charge in [-0.05, 0) is 24.2 Å². The molecule has 20 heavy (non-hydrogen) atoms. The van der Waals surface area contributed by atoms with Gasteiger partial charge in [-0.15, -0.1) is 0 Å². The van der Waals surface area contributed by atoms with Crippen molar-refractivity contribution < 1.29 is 0 Å². The van der Waals surface area contributed by atoms with E-state index >= 15 is 0 Å². The third-order valence-corrected chi connectivity index (χ3v) is 3.90. The first-order valence-corrected chi connectivity index (χ1v) is 7.53. The Bertz CT molecular complexity index is 452. The maximum absolute atomic E-state index is 4.48. The zero-order valence-electron chi connectivity index (χ0n) is 12.9. The van der Waals surface area contributed by atoms with Gasteiger partial charge in [0.2, 0.25) is 0 Å². The Balaban J connectivity index is 2.00. The lowest BCUT2D eigenvalue weighted by molar-refractivity contribution is 0.295. The summed E-state index contributed by atoms with van der Waals surface area (Å²) in [6.07, 6.45) is 0. The molecule has 0 saturated heterocycles. The molecule has 0 aromatic heterocycles. The second-order valence-electron chi connectivity index (χ2n) is 5.21. The average molecular weight is 274 g/mol. The topological polar surface area (TPSA) is 30.9 Å². The molecule has 1 aromatic rings. The van der Waals surface area contributed by atoms with Crippen molar-refractivity contribution in [1.29, 1.82) is 0 Å². The van der Waals surface area contributed by atoms with Gasteiger partial charge in [-0.25, -0.2) is 0 Å². The third-order valence-electron chi connectivity index (χ3n) is 3.90. The van der Waals surface area contributed by atoms with Crippen molar-refractivity contribution in [2.24, 2.45) is 4.99 Å². The number of hydrogen-bond donors (Lipinski definition) is 1. The van der Waals surface area contributed by atoms with Crippen molar-refractivity contribution in [2.75, 3.05) is 33.2 Å². The molecule has 0 bridgehead atoms. The minimum Gasteiger partial charge on any atom is -0.352 e. The van der Waals surface area contributed by atoms with Crippen molar-refractivity contribution in [3.63, 3.8) is 0 Å². The highest BCUT2D eigenvalue weighted by atomic mass is 15.3. The van der Waals surface area contributed by atoms with Crippen LogP contribution in [0.15, 0.2) is 29.3 Å². The van der Waals surface area contributed by atoms with Crippen LogP contribution in [-0.4, -0.2) is 49.0 Å². The Hall–Kier alpha value is -1.55. The van der Waals surface area contributed by atoms with Crippen LogP contribution < -0.4 is 5.32 Å². The van der Waals surface area contributed by atoms with E-state index in [-0.39, 0.29) is 0 Å². The van der Waals surface area contributed by atoms with Gasteiger partial charge in [0, 0.05) is 26.7 Å². The normalized spacial score (nSPS) is 14.8. The number of guanidine groups is 1. The molecule has 1 N–H and O–H groups in total. The summed E-state index contributed by atoms with van der Waals surface area (Å²) >= 11 is 0. The average Bonchev–Trinajstić information content (AvgIpc) is 2.89. The Morgan fingerprint density at radius 3 is 2.50 bits per heavy atom. The summed E-state index contributed by atoms with van der Waals surface area (Å²) in [7, 11) is 2.08. The van der Waals surface area contributed by atoms with E-state index in [1.807, 2.05) is 0 Å². The molecule has 4 heteroatoms. The SMILES string of the molecule is CCN(CC)Cc1ccccc1CNC1=NCCN1C. The summed E-state index contributed by atoms with van der Waals surface area (Å²) in [5.74, 6) is 1.02. The second-order valence-corrected chi connectivity index (χ2v) is 5.21. The van der Waals surface area contributed by atoms with Gasteiger partial charge >= 0.3 is 0 Å². The molecule has 0 aliphatic carbocycles. The quantitative estimate of drug-likeness (QED) is 0.860. The van der Waals surface area contributed by atoms with Gasteiger partial charge in [0.05, 0.1) is 6.54 Å². The zero-order valence-corrected chi connectivity index (χ0v) is 12.9. The number of hydrogen-bond acceptors (Lipinski definition) is 4. The molecule has 1 aromatic carbocycles. The van der Waals surface area contributed by atoms with Crippen LogP contribution in [0.2, 0.25) is 0 Å². The van der Waals surface area contributed by atoms with Gasteiger partial charge < -0.3 is 10.2 Å². The first kappa shape index (κ1) is 14.9. The van der Waals surface area contributed by atoms with Crippen LogP contribution in [0.4, 0.5) is 0 Å². The highest BCUT2D eigenvalue weighted by molar-refractivity contribution is 5.81. The highest BCUT2D eigenvalue weighted by Crippen LogP contribution is 2.12. The fourth-order valence-corrected chi connectivity index (χ4v) is 2.47. The van der Waals surface area contributed by atoms with Gasteiger partial charge in [-0.3, -0.25) is 9.89 Å². The molecule has 0 unspecified atom stereocenters. The fourth-order valence-electron chi connectivity index (χ4n) is 2.47. The molecule has 0 amide bonds. The molecule has 2 rings (SSSR count). The fraction of sp³-hybridized carbons (Fsp3) is 0.562. The van der Waals surface area contributed by atoms with Crippen molar-refractivity contribution in [3.8, 4) is 0 Å². The van der Waals surface area contributed by atoms with Crippen LogP contribution in [-0.2, 0) is 13.1 Å². The standard InChI is InChI=1S/C16H26N4/c1-4-20(5-2)13-15-9-7-6-8-14(15)12-18-16-17-10-11-19(16)3/h6-9H,4-5,10-13H2,1-3H3,(H,17,18). The molecule has 1 aliphatic rings. The number of rotatable bonds is 6. The summed E-state index contributed by atoms with van der Waals surface area (Å²) in [6, 6.07) is 8.68. The van der Waals surface area contributed by atoms with E-state index in [4.69, 9.17) is 0 Å². The van der Waals surface area contributed by atoms with Crippen molar-refractivity contribution in [2.45, 2.75) is 26.9 Å². The van der Waals surface area contributed by atoms with Crippen molar-refractivity contribution in [1.82, 2.24) is 15.1 Å². The summed E-state index contributed by atoms with van der Waals surface area (Å²) in [6.45, 7) is 10.4. The maximum atomic E-state index is 4.48.